The number of nitrogens with zero attached hydrogens (tertiary/aromatic N) is 6. The van der Waals surface area contributed by atoms with Crippen molar-refractivity contribution in [3.8, 4) is 5.75 Å². The molecule has 1 saturated carbocycles. The molecule has 0 bridgehead atoms. The number of carbonyl (C=O) groups is 1. The SMILES string of the molecule is COc1ccc(CN2CCN(C)CC2)cc1Nc1ncc2c(n1)N(C1CCCC1)CC(F)(F)C(=O)N2C. The molecule has 9 nitrogen and oxygen atoms in total. The Hall–Kier alpha value is -3.05. The fourth-order valence-electron chi connectivity index (χ4n) is 5.44. The highest BCUT2D eigenvalue weighted by Crippen LogP contribution is 2.40. The summed E-state index contributed by atoms with van der Waals surface area (Å²) in [4.78, 5) is 28.9. The molecule has 11 heteroatoms. The summed E-state index contributed by atoms with van der Waals surface area (Å²) in [7, 11) is 5.09. The summed E-state index contributed by atoms with van der Waals surface area (Å²) in [6.45, 7) is 4.22. The third kappa shape index (κ3) is 5.33. The third-order valence-corrected chi connectivity index (χ3v) is 7.65. The van der Waals surface area contributed by atoms with Crippen LogP contribution in [0.3, 0.4) is 0 Å². The first kappa shape index (κ1) is 25.6. The number of aromatic nitrogens is 2. The quantitative estimate of drug-likeness (QED) is 0.628. The van der Waals surface area contributed by atoms with E-state index in [0.717, 1.165) is 68.9 Å². The van der Waals surface area contributed by atoms with Crippen LogP contribution in [0.25, 0.3) is 0 Å². The molecule has 1 aromatic carbocycles. The zero-order valence-corrected chi connectivity index (χ0v) is 21.7. The van der Waals surface area contributed by atoms with Gasteiger partial charge in [-0.2, -0.15) is 13.8 Å². The lowest BCUT2D eigenvalue weighted by Crippen LogP contribution is -2.48. The molecule has 3 aliphatic rings. The van der Waals surface area contributed by atoms with E-state index in [1.165, 1.54) is 13.2 Å². The minimum absolute atomic E-state index is 0.0897. The van der Waals surface area contributed by atoms with Crippen LogP contribution in [0.5, 0.6) is 5.75 Å². The van der Waals surface area contributed by atoms with Crippen LogP contribution in [-0.4, -0.2) is 91.6 Å². The van der Waals surface area contributed by atoms with Gasteiger partial charge in [0.1, 0.15) is 11.4 Å². The minimum atomic E-state index is -3.51. The molecule has 0 atom stereocenters. The van der Waals surface area contributed by atoms with Crippen molar-refractivity contribution >= 4 is 29.0 Å². The predicted molar refractivity (Wildman–Crippen MR) is 139 cm³/mol. The Morgan fingerprint density at radius 1 is 1.14 bits per heavy atom. The molecule has 0 unspecified atom stereocenters. The fourth-order valence-corrected chi connectivity index (χ4v) is 5.44. The monoisotopic (exact) mass is 515 g/mol. The Morgan fingerprint density at radius 3 is 2.57 bits per heavy atom. The molecule has 2 aromatic rings. The number of alkyl halides is 2. The van der Waals surface area contributed by atoms with Gasteiger partial charge >= 0.3 is 5.92 Å². The number of rotatable bonds is 6. The fraction of sp³-hybridized carbons (Fsp3) is 0.577. The highest BCUT2D eigenvalue weighted by molar-refractivity contribution is 6.02. The normalized spacial score (nSPS) is 21.2. The van der Waals surface area contributed by atoms with Gasteiger partial charge in [0.05, 0.1) is 25.5 Å². The number of nitrogens with one attached hydrogen (secondary N) is 1. The second kappa shape index (κ2) is 10.4. The van der Waals surface area contributed by atoms with Crippen molar-refractivity contribution in [3.63, 3.8) is 0 Å². The van der Waals surface area contributed by atoms with Crippen molar-refractivity contribution < 1.29 is 18.3 Å². The zero-order valence-electron chi connectivity index (χ0n) is 21.7. The summed E-state index contributed by atoms with van der Waals surface area (Å²) in [5, 5.41) is 3.25. The summed E-state index contributed by atoms with van der Waals surface area (Å²) in [5.74, 6) is -3.50. The van der Waals surface area contributed by atoms with Crippen molar-refractivity contribution in [1.82, 2.24) is 19.8 Å². The molecule has 5 rings (SSSR count). The van der Waals surface area contributed by atoms with Crippen LogP contribution in [0.4, 0.5) is 31.9 Å². The standard InChI is InChI=1S/C26H35F2N7O2/c1-32-10-12-34(13-11-32)16-18-8-9-22(37-3)20(14-18)30-25-29-15-21-23(31-25)35(19-6-4-5-7-19)17-26(27,28)24(36)33(21)2/h8-9,14-15,19H,4-7,10-13,16-17H2,1-3H3,(H,29,30,31). The molecule has 1 amide bonds. The van der Waals surface area contributed by atoms with Crippen molar-refractivity contribution in [2.24, 2.45) is 0 Å². The number of piperazine rings is 1. The van der Waals surface area contributed by atoms with E-state index >= 15 is 0 Å². The second-order valence-electron chi connectivity index (χ2n) is 10.3. The van der Waals surface area contributed by atoms with Crippen molar-refractivity contribution in [2.75, 3.05) is 69.0 Å². The molecule has 1 aliphatic carbocycles. The number of fused-ring (bicyclic) bond motifs is 1. The first-order chi connectivity index (χ1) is 17.7. The van der Waals surface area contributed by atoms with Crippen LogP contribution in [-0.2, 0) is 11.3 Å². The number of benzene rings is 1. The van der Waals surface area contributed by atoms with Crippen LogP contribution in [0.15, 0.2) is 24.4 Å². The van der Waals surface area contributed by atoms with E-state index in [9.17, 15) is 13.6 Å². The molecule has 200 valence electrons. The Bertz CT molecular complexity index is 1130. The van der Waals surface area contributed by atoms with Gasteiger partial charge in [-0.15, -0.1) is 0 Å². The smallest absolute Gasteiger partial charge is 0.342 e. The van der Waals surface area contributed by atoms with Crippen molar-refractivity contribution in [2.45, 2.75) is 44.2 Å². The van der Waals surface area contributed by atoms with Crippen LogP contribution in [0, 0.1) is 0 Å². The van der Waals surface area contributed by atoms with Gasteiger partial charge in [0.2, 0.25) is 5.95 Å². The van der Waals surface area contributed by atoms with Crippen LogP contribution in [0.2, 0.25) is 0 Å². The molecule has 0 spiro atoms. The average molecular weight is 516 g/mol. The lowest BCUT2D eigenvalue weighted by atomic mass is 10.1. The molecule has 3 heterocycles. The maximum atomic E-state index is 14.9. The van der Waals surface area contributed by atoms with E-state index in [-0.39, 0.29) is 17.7 Å². The van der Waals surface area contributed by atoms with Crippen LogP contribution < -0.4 is 19.9 Å². The van der Waals surface area contributed by atoms with E-state index in [1.807, 2.05) is 18.2 Å². The summed E-state index contributed by atoms with van der Waals surface area (Å²) < 4.78 is 35.3. The number of anilines is 4. The van der Waals surface area contributed by atoms with E-state index in [0.29, 0.717) is 17.3 Å². The topological polar surface area (TPSA) is 77.1 Å². The molecular formula is C26H35F2N7O2. The first-order valence-electron chi connectivity index (χ1n) is 12.9. The van der Waals surface area contributed by atoms with Crippen LogP contribution >= 0.6 is 0 Å². The minimum Gasteiger partial charge on any atom is -0.495 e. The number of hydrogen-bond acceptors (Lipinski definition) is 8. The Morgan fingerprint density at radius 2 is 1.86 bits per heavy atom. The zero-order chi connectivity index (χ0) is 26.2. The Kier molecular flexibility index (Phi) is 7.17. The summed E-state index contributed by atoms with van der Waals surface area (Å²) in [6, 6.07) is 5.89. The van der Waals surface area contributed by atoms with Gasteiger partial charge in [-0.05, 0) is 37.6 Å². The average Bonchev–Trinajstić information content (AvgIpc) is 3.41. The molecular weight excluding hydrogens is 480 g/mol. The molecule has 1 aromatic heterocycles. The number of hydrogen-bond donors (Lipinski definition) is 1. The maximum absolute atomic E-state index is 14.9. The summed E-state index contributed by atoms with van der Waals surface area (Å²) >= 11 is 0. The van der Waals surface area contributed by atoms with Crippen LogP contribution in [0.1, 0.15) is 31.2 Å². The summed E-state index contributed by atoms with van der Waals surface area (Å²) in [6.07, 6.45) is 4.98. The van der Waals surface area contributed by atoms with Crippen molar-refractivity contribution in [3.05, 3.63) is 30.0 Å². The van der Waals surface area contributed by atoms with Gasteiger partial charge in [0.25, 0.3) is 5.91 Å². The van der Waals surface area contributed by atoms with E-state index in [2.05, 4.69) is 32.1 Å². The number of likely N-dealkylation sites (N-methyl/N-ethyl adjacent to an activating group) is 1. The van der Waals surface area contributed by atoms with Gasteiger partial charge in [-0.3, -0.25) is 9.69 Å². The Labute approximate surface area is 216 Å². The number of ether oxygens (including phenoxy) is 1. The highest BCUT2D eigenvalue weighted by Gasteiger charge is 2.48. The predicted octanol–water partition coefficient (Wildman–Crippen LogP) is 3.34. The molecule has 37 heavy (non-hydrogen) atoms. The lowest BCUT2D eigenvalue weighted by Gasteiger charge is -2.32. The number of methoxy groups -OCH3 is 1. The molecule has 1 N–H and O–H groups in total. The first-order valence-corrected chi connectivity index (χ1v) is 12.9. The lowest BCUT2D eigenvalue weighted by molar-refractivity contribution is -0.140. The van der Waals surface area contributed by atoms with Gasteiger partial charge in [0, 0.05) is 45.8 Å². The van der Waals surface area contributed by atoms with Gasteiger partial charge in [-0.1, -0.05) is 18.9 Å². The van der Waals surface area contributed by atoms with Gasteiger partial charge in [0.15, 0.2) is 5.82 Å². The highest BCUT2D eigenvalue weighted by atomic mass is 19.3. The second-order valence-corrected chi connectivity index (χ2v) is 10.3. The van der Waals surface area contributed by atoms with Gasteiger partial charge in [-0.25, -0.2) is 4.98 Å². The van der Waals surface area contributed by atoms with Gasteiger partial charge < -0.3 is 24.8 Å². The molecule has 0 radical (unpaired) electrons. The molecule has 2 fully saturated rings. The van der Waals surface area contributed by atoms with E-state index in [1.54, 1.807) is 12.0 Å². The summed E-state index contributed by atoms with van der Waals surface area (Å²) in [5.41, 5.74) is 2.11. The van der Waals surface area contributed by atoms with Crippen molar-refractivity contribution in [1.29, 1.82) is 0 Å². The van der Waals surface area contributed by atoms with E-state index < -0.39 is 18.4 Å². The largest absolute Gasteiger partial charge is 0.495 e. The number of halogens is 2. The Balaban J connectivity index is 1.44. The van der Waals surface area contributed by atoms with E-state index in [4.69, 9.17) is 4.74 Å². The maximum Gasteiger partial charge on any atom is 0.342 e. The number of amides is 1. The third-order valence-electron chi connectivity index (χ3n) is 7.65. The molecule has 2 aliphatic heterocycles. The number of carbonyl (C=O) groups excluding carboxylic acids is 1. The molecule has 1 saturated heterocycles.